The highest BCUT2D eigenvalue weighted by molar-refractivity contribution is 5.80. The van der Waals surface area contributed by atoms with E-state index < -0.39 is 111 Å². The number of aliphatic hydroxyl groups excluding tert-OH is 10. The SMILES string of the molecule is CCCCCCCCCCCCCCCCCCCC[C@@H](O)C(=O)N[C@@H](CO[C@H]1O[C@H](CO)[C@H](O)[C@H](O[C@@H]2O[C@@H]([C@H](O)CO)[C@H](O)[C@H]2O)[C@H]1O)[C@H](O)[C@H](O)CCCCCCCCCCCCCCC. The summed E-state index contributed by atoms with van der Waals surface area (Å²) in [6, 6.07) is -1.28. The third-order valence-corrected chi connectivity index (χ3v) is 14.2. The summed E-state index contributed by atoms with van der Waals surface area (Å²) in [4.78, 5) is 13.4. The molecular formula is C53H103NO15. The average Bonchev–Trinajstić information content (AvgIpc) is 3.63. The van der Waals surface area contributed by atoms with Gasteiger partial charge in [-0.3, -0.25) is 4.79 Å². The molecule has 69 heavy (non-hydrogen) atoms. The third-order valence-electron chi connectivity index (χ3n) is 14.2. The van der Waals surface area contributed by atoms with Gasteiger partial charge < -0.3 is 75.3 Å². The molecule has 2 aliphatic rings. The van der Waals surface area contributed by atoms with Crippen LogP contribution >= 0.6 is 0 Å². The highest BCUT2D eigenvalue weighted by Gasteiger charge is 2.52. The van der Waals surface area contributed by atoms with Crippen LogP contribution in [0.2, 0.25) is 0 Å². The van der Waals surface area contributed by atoms with Gasteiger partial charge in [-0.1, -0.05) is 213 Å². The second-order valence-corrected chi connectivity index (χ2v) is 20.4. The lowest BCUT2D eigenvalue weighted by atomic mass is 9.98. The minimum absolute atomic E-state index is 0.204. The number of hydrogen-bond donors (Lipinski definition) is 11. The van der Waals surface area contributed by atoms with Crippen LogP contribution < -0.4 is 5.32 Å². The Bertz CT molecular complexity index is 1210. The summed E-state index contributed by atoms with van der Waals surface area (Å²) in [5.41, 5.74) is 0. The maximum Gasteiger partial charge on any atom is 0.249 e. The van der Waals surface area contributed by atoms with Gasteiger partial charge in [0.05, 0.1) is 32.0 Å². The summed E-state index contributed by atoms with van der Waals surface area (Å²) in [5.74, 6) is -0.761. The second kappa shape index (κ2) is 40.3. The van der Waals surface area contributed by atoms with E-state index in [1.54, 1.807) is 0 Å². The number of amides is 1. The van der Waals surface area contributed by atoms with Gasteiger partial charge in [-0.05, 0) is 12.8 Å². The van der Waals surface area contributed by atoms with E-state index in [0.29, 0.717) is 12.8 Å². The number of ether oxygens (including phenoxy) is 4. The Morgan fingerprint density at radius 1 is 0.522 bits per heavy atom. The highest BCUT2D eigenvalue weighted by Crippen LogP contribution is 2.31. The first-order chi connectivity index (χ1) is 33.4. The monoisotopic (exact) mass is 994 g/mol. The lowest BCUT2D eigenvalue weighted by molar-refractivity contribution is -0.332. The number of aliphatic hydroxyl groups is 10. The number of carbonyl (C=O) groups excluding carboxylic acids is 1. The number of nitrogens with one attached hydrogen (secondary N) is 1. The smallest absolute Gasteiger partial charge is 0.249 e. The van der Waals surface area contributed by atoms with Crippen molar-refractivity contribution in [1.29, 1.82) is 0 Å². The number of unbranched alkanes of at least 4 members (excludes halogenated alkanes) is 29. The molecule has 0 radical (unpaired) electrons. The first-order valence-corrected chi connectivity index (χ1v) is 28.0. The predicted molar refractivity (Wildman–Crippen MR) is 266 cm³/mol. The lowest BCUT2D eigenvalue weighted by Crippen LogP contribution is -2.62. The molecule has 2 heterocycles. The van der Waals surface area contributed by atoms with Gasteiger partial charge >= 0.3 is 0 Å². The van der Waals surface area contributed by atoms with Gasteiger partial charge in [0.25, 0.3) is 0 Å². The molecule has 2 saturated heterocycles. The third kappa shape index (κ3) is 26.6. The van der Waals surface area contributed by atoms with Crippen LogP contribution in [-0.2, 0) is 23.7 Å². The lowest BCUT2D eigenvalue weighted by Gasteiger charge is -2.43. The molecule has 0 aromatic heterocycles. The first-order valence-electron chi connectivity index (χ1n) is 28.0. The van der Waals surface area contributed by atoms with Gasteiger partial charge in [0.2, 0.25) is 5.91 Å². The van der Waals surface area contributed by atoms with Crippen LogP contribution in [0.15, 0.2) is 0 Å². The van der Waals surface area contributed by atoms with Gasteiger partial charge in [0.15, 0.2) is 12.6 Å². The Balaban J connectivity index is 1.88. The molecule has 0 saturated carbocycles. The van der Waals surface area contributed by atoms with Crippen molar-refractivity contribution >= 4 is 5.91 Å². The van der Waals surface area contributed by atoms with E-state index in [9.17, 15) is 55.9 Å². The van der Waals surface area contributed by atoms with E-state index in [2.05, 4.69) is 19.2 Å². The van der Waals surface area contributed by atoms with Crippen molar-refractivity contribution in [3.8, 4) is 0 Å². The van der Waals surface area contributed by atoms with Crippen LogP contribution in [0.25, 0.3) is 0 Å². The van der Waals surface area contributed by atoms with Crippen molar-refractivity contribution in [2.45, 2.75) is 312 Å². The zero-order valence-corrected chi connectivity index (χ0v) is 43.1. The highest BCUT2D eigenvalue weighted by atomic mass is 16.7. The molecule has 2 fully saturated rings. The van der Waals surface area contributed by atoms with Crippen molar-refractivity contribution in [3.05, 3.63) is 0 Å². The molecule has 11 N–H and O–H groups in total. The van der Waals surface area contributed by atoms with Crippen LogP contribution in [0.1, 0.15) is 226 Å². The van der Waals surface area contributed by atoms with Crippen molar-refractivity contribution in [1.82, 2.24) is 5.32 Å². The molecule has 1 amide bonds. The zero-order chi connectivity index (χ0) is 50.7. The molecule has 0 aromatic rings. The van der Waals surface area contributed by atoms with Gasteiger partial charge in [-0.15, -0.1) is 0 Å². The number of carbonyl (C=O) groups is 1. The Labute approximate surface area is 416 Å². The fraction of sp³-hybridized carbons (Fsp3) is 0.981. The largest absolute Gasteiger partial charge is 0.394 e. The molecule has 0 spiro atoms. The van der Waals surface area contributed by atoms with Crippen LogP contribution in [0.5, 0.6) is 0 Å². The standard InChI is InChI=1S/C53H103NO15/c1-3-5-7-9-11-13-15-17-18-19-20-21-23-25-27-29-31-33-35-41(58)51(65)54-39(44(60)40(57)34-32-30-28-26-24-22-16-14-12-10-8-6-4-2)38-66-52-48(64)50(45(61)43(37-56)67-52)69-53-47(63)46(62)49(68-53)42(59)36-55/h39-50,52-53,55-64H,3-38H2,1-2H3,(H,54,65)/t39-,40+,41+,42+,43+,44-,45-,46+,47+,48+,49-,50-,52-,53-/m0/s1. The summed E-state index contributed by atoms with van der Waals surface area (Å²) >= 11 is 0. The van der Waals surface area contributed by atoms with Crippen molar-refractivity contribution in [2.75, 3.05) is 19.8 Å². The van der Waals surface area contributed by atoms with Crippen molar-refractivity contribution in [2.24, 2.45) is 0 Å². The van der Waals surface area contributed by atoms with Gasteiger partial charge in [0.1, 0.15) is 61.0 Å². The summed E-state index contributed by atoms with van der Waals surface area (Å²) < 4.78 is 22.6. The molecule has 14 atom stereocenters. The Hall–Kier alpha value is -1.09. The van der Waals surface area contributed by atoms with Crippen LogP contribution in [0.4, 0.5) is 0 Å². The fourth-order valence-corrected chi connectivity index (χ4v) is 9.60. The maximum atomic E-state index is 13.4. The summed E-state index contributed by atoms with van der Waals surface area (Å²) in [5, 5.41) is 109. The fourth-order valence-electron chi connectivity index (χ4n) is 9.60. The number of hydrogen-bond acceptors (Lipinski definition) is 15. The zero-order valence-electron chi connectivity index (χ0n) is 43.1. The molecule has 0 unspecified atom stereocenters. The average molecular weight is 994 g/mol. The maximum absolute atomic E-state index is 13.4. The van der Waals surface area contributed by atoms with Crippen LogP contribution in [0, 0.1) is 0 Å². The van der Waals surface area contributed by atoms with E-state index in [4.69, 9.17) is 18.9 Å². The van der Waals surface area contributed by atoms with Crippen LogP contribution in [0.3, 0.4) is 0 Å². The Morgan fingerprint density at radius 3 is 1.36 bits per heavy atom. The minimum atomic E-state index is -1.82. The molecular weight excluding hydrogens is 891 g/mol. The van der Waals surface area contributed by atoms with E-state index in [-0.39, 0.29) is 12.8 Å². The molecule has 2 aliphatic heterocycles. The molecule has 0 aliphatic carbocycles. The quantitative estimate of drug-likeness (QED) is 0.0308. The summed E-state index contributed by atoms with van der Waals surface area (Å²) in [6.45, 7) is 2.39. The predicted octanol–water partition coefficient (Wildman–Crippen LogP) is 6.11. The van der Waals surface area contributed by atoms with Crippen molar-refractivity contribution in [3.63, 3.8) is 0 Å². The minimum Gasteiger partial charge on any atom is -0.394 e. The molecule has 2 rings (SSSR count). The molecule has 16 heteroatoms. The first kappa shape index (κ1) is 64.0. The molecule has 410 valence electrons. The van der Waals surface area contributed by atoms with Crippen LogP contribution in [-0.4, -0.2) is 163 Å². The van der Waals surface area contributed by atoms with Gasteiger partial charge in [-0.2, -0.15) is 0 Å². The van der Waals surface area contributed by atoms with E-state index in [1.807, 2.05) is 0 Å². The van der Waals surface area contributed by atoms with Gasteiger partial charge in [0, 0.05) is 0 Å². The molecule has 16 nitrogen and oxygen atoms in total. The summed E-state index contributed by atoms with van der Waals surface area (Å²) in [7, 11) is 0. The Morgan fingerprint density at radius 2 is 0.942 bits per heavy atom. The molecule has 0 bridgehead atoms. The normalized spacial score (nSPS) is 26.2. The Kier molecular flexibility index (Phi) is 37.4. The van der Waals surface area contributed by atoms with E-state index in [1.165, 1.54) is 141 Å². The second-order valence-electron chi connectivity index (χ2n) is 20.4. The number of rotatable bonds is 45. The van der Waals surface area contributed by atoms with E-state index >= 15 is 0 Å². The van der Waals surface area contributed by atoms with Gasteiger partial charge in [-0.25, -0.2) is 0 Å². The van der Waals surface area contributed by atoms with E-state index in [0.717, 1.165) is 44.9 Å². The van der Waals surface area contributed by atoms with Crippen molar-refractivity contribution < 1.29 is 74.8 Å². The topological polar surface area (TPSA) is 268 Å². The summed E-state index contributed by atoms with van der Waals surface area (Å²) in [6.07, 6.45) is 16.9. The molecule has 0 aromatic carbocycles.